The SMILES string of the molecule is [C-]#[N+]c1cccc(C2CCC(N3CC(NC(=O)CNC(=O)c4cccc(C(F)(F)F)c4)C3)CC2)c1. The summed E-state index contributed by atoms with van der Waals surface area (Å²) in [4.78, 5) is 30.2. The van der Waals surface area contributed by atoms with Gasteiger partial charge in [-0.3, -0.25) is 14.5 Å². The van der Waals surface area contributed by atoms with E-state index in [4.69, 9.17) is 6.57 Å². The average molecular weight is 485 g/mol. The zero-order valence-corrected chi connectivity index (χ0v) is 19.1. The van der Waals surface area contributed by atoms with Crippen molar-refractivity contribution in [1.29, 1.82) is 0 Å². The van der Waals surface area contributed by atoms with E-state index in [0.29, 0.717) is 17.6 Å². The van der Waals surface area contributed by atoms with Gasteiger partial charge in [-0.05, 0) is 49.8 Å². The van der Waals surface area contributed by atoms with Crippen LogP contribution in [-0.4, -0.2) is 48.4 Å². The molecule has 1 saturated heterocycles. The van der Waals surface area contributed by atoms with Crippen LogP contribution in [-0.2, 0) is 11.0 Å². The number of benzene rings is 2. The second-order valence-electron chi connectivity index (χ2n) is 9.19. The van der Waals surface area contributed by atoms with Gasteiger partial charge in [-0.15, -0.1) is 0 Å². The Balaban J connectivity index is 1.16. The minimum absolute atomic E-state index is 0.000954. The van der Waals surface area contributed by atoms with E-state index in [0.717, 1.165) is 50.9 Å². The Labute approximate surface area is 202 Å². The second kappa shape index (κ2) is 10.5. The molecule has 184 valence electrons. The van der Waals surface area contributed by atoms with E-state index < -0.39 is 17.6 Å². The molecule has 1 heterocycles. The fraction of sp³-hybridized carbons (Fsp3) is 0.423. The minimum Gasteiger partial charge on any atom is -0.349 e. The van der Waals surface area contributed by atoms with Gasteiger partial charge in [0.05, 0.1) is 24.7 Å². The molecule has 0 aromatic heterocycles. The van der Waals surface area contributed by atoms with Crippen LogP contribution in [0.25, 0.3) is 4.85 Å². The Bertz CT molecular complexity index is 1110. The summed E-state index contributed by atoms with van der Waals surface area (Å²) >= 11 is 0. The summed E-state index contributed by atoms with van der Waals surface area (Å²) in [5.74, 6) is -0.608. The molecule has 2 aliphatic rings. The van der Waals surface area contributed by atoms with E-state index in [1.807, 2.05) is 18.2 Å². The molecule has 2 amide bonds. The third kappa shape index (κ3) is 6.20. The number of hydrogen-bond donors (Lipinski definition) is 2. The standard InChI is InChI=1S/C26H27F3N4O2/c1-30-21-7-3-4-18(13-21)17-8-10-23(11-9-17)33-15-22(16-33)32-24(34)14-31-25(35)19-5-2-6-20(12-19)26(27,28)29/h2-7,12-13,17,22-23H,8-11,14-16H2,(H,31,35)(H,32,34). The van der Waals surface area contributed by atoms with Crippen LogP contribution in [0.1, 0.15) is 53.1 Å². The number of likely N-dealkylation sites (tertiary alicyclic amines) is 1. The first-order valence-corrected chi connectivity index (χ1v) is 11.7. The molecule has 0 radical (unpaired) electrons. The molecule has 1 saturated carbocycles. The van der Waals surface area contributed by atoms with Gasteiger partial charge in [0, 0.05) is 24.7 Å². The molecule has 0 bridgehead atoms. The van der Waals surface area contributed by atoms with Crippen molar-refractivity contribution in [3.63, 3.8) is 0 Å². The molecule has 1 aliphatic carbocycles. The van der Waals surface area contributed by atoms with Gasteiger partial charge in [0.15, 0.2) is 5.69 Å². The first kappa shape index (κ1) is 24.7. The molecule has 2 N–H and O–H groups in total. The van der Waals surface area contributed by atoms with Crippen molar-refractivity contribution in [2.75, 3.05) is 19.6 Å². The van der Waals surface area contributed by atoms with Crippen molar-refractivity contribution in [3.8, 4) is 0 Å². The number of halogens is 3. The maximum absolute atomic E-state index is 12.8. The molecule has 6 nitrogen and oxygen atoms in total. The van der Waals surface area contributed by atoms with E-state index in [9.17, 15) is 22.8 Å². The molecule has 1 aliphatic heterocycles. The molecular weight excluding hydrogens is 457 g/mol. The molecule has 0 atom stereocenters. The molecule has 35 heavy (non-hydrogen) atoms. The predicted octanol–water partition coefficient (Wildman–Crippen LogP) is 4.51. The molecule has 2 aromatic carbocycles. The van der Waals surface area contributed by atoms with E-state index >= 15 is 0 Å². The number of nitrogens with one attached hydrogen (secondary N) is 2. The van der Waals surface area contributed by atoms with E-state index in [1.165, 1.54) is 17.7 Å². The lowest BCUT2D eigenvalue weighted by atomic mass is 9.80. The van der Waals surface area contributed by atoms with Gasteiger partial charge in [0.2, 0.25) is 5.91 Å². The summed E-state index contributed by atoms with van der Waals surface area (Å²) in [6, 6.07) is 12.4. The number of nitrogens with zero attached hydrogens (tertiary/aromatic N) is 2. The summed E-state index contributed by atoms with van der Waals surface area (Å²) in [5, 5.41) is 5.26. The summed E-state index contributed by atoms with van der Waals surface area (Å²) in [6.45, 7) is 8.39. The van der Waals surface area contributed by atoms with Crippen molar-refractivity contribution in [2.24, 2.45) is 0 Å². The van der Waals surface area contributed by atoms with Crippen molar-refractivity contribution < 1.29 is 22.8 Å². The van der Waals surface area contributed by atoms with Crippen LogP contribution in [0.3, 0.4) is 0 Å². The Morgan fingerprint density at radius 1 is 1.03 bits per heavy atom. The fourth-order valence-corrected chi connectivity index (χ4v) is 4.90. The van der Waals surface area contributed by atoms with Crippen molar-refractivity contribution in [1.82, 2.24) is 15.5 Å². The Kier molecular flexibility index (Phi) is 7.41. The third-order valence-electron chi connectivity index (χ3n) is 6.82. The van der Waals surface area contributed by atoms with E-state index in [-0.39, 0.29) is 24.1 Å². The first-order valence-electron chi connectivity index (χ1n) is 11.7. The zero-order valence-electron chi connectivity index (χ0n) is 19.1. The van der Waals surface area contributed by atoms with Crippen LogP contribution in [0.5, 0.6) is 0 Å². The van der Waals surface area contributed by atoms with Crippen LogP contribution >= 0.6 is 0 Å². The molecule has 0 unspecified atom stereocenters. The van der Waals surface area contributed by atoms with Gasteiger partial charge < -0.3 is 10.6 Å². The molecule has 0 spiro atoms. The van der Waals surface area contributed by atoms with Crippen LogP contribution in [0.2, 0.25) is 0 Å². The quantitative estimate of drug-likeness (QED) is 0.593. The highest BCUT2D eigenvalue weighted by atomic mass is 19.4. The highest BCUT2D eigenvalue weighted by Crippen LogP contribution is 2.37. The third-order valence-corrected chi connectivity index (χ3v) is 6.82. The van der Waals surface area contributed by atoms with Crippen molar-refractivity contribution in [3.05, 3.63) is 76.6 Å². The molecule has 2 fully saturated rings. The normalized spacial score (nSPS) is 21.0. The van der Waals surface area contributed by atoms with Gasteiger partial charge in [-0.1, -0.05) is 35.9 Å². The highest BCUT2D eigenvalue weighted by Gasteiger charge is 2.35. The average Bonchev–Trinajstić information content (AvgIpc) is 2.84. The lowest BCUT2D eigenvalue weighted by molar-refractivity contribution is -0.137. The summed E-state index contributed by atoms with van der Waals surface area (Å²) < 4.78 is 38.4. The van der Waals surface area contributed by atoms with Gasteiger partial charge in [-0.25, -0.2) is 4.85 Å². The van der Waals surface area contributed by atoms with E-state index in [1.54, 1.807) is 0 Å². The number of carbonyl (C=O) groups is 2. The van der Waals surface area contributed by atoms with Crippen LogP contribution < -0.4 is 10.6 Å². The van der Waals surface area contributed by atoms with Crippen LogP contribution in [0.4, 0.5) is 18.9 Å². The van der Waals surface area contributed by atoms with Crippen LogP contribution in [0.15, 0.2) is 48.5 Å². The van der Waals surface area contributed by atoms with Crippen molar-refractivity contribution in [2.45, 2.75) is 49.9 Å². The zero-order chi connectivity index (χ0) is 25.0. The maximum atomic E-state index is 12.8. The number of hydrogen-bond acceptors (Lipinski definition) is 3. The van der Waals surface area contributed by atoms with Gasteiger partial charge in [0.1, 0.15) is 0 Å². The summed E-state index contributed by atoms with van der Waals surface area (Å²) in [6.07, 6.45) is -0.254. The Morgan fingerprint density at radius 2 is 1.74 bits per heavy atom. The minimum atomic E-state index is -4.54. The Hall–Kier alpha value is -3.38. The first-order chi connectivity index (χ1) is 16.7. The smallest absolute Gasteiger partial charge is 0.349 e. The van der Waals surface area contributed by atoms with Crippen LogP contribution in [0, 0.1) is 6.57 Å². The second-order valence-corrected chi connectivity index (χ2v) is 9.19. The van der Waals surface area contributed by atoms with Gasteiger partial charge in [0.25, 0.3) is 5.91 Å². The summed E-state index contributed by atoms with van der Waals surface area (Å²) in [5.41, 5.74) is 0.865. The number of amides is 2. The molecule has 4 rings (SSSR count). The van der Waals surface area contributed by atoms with E-state index in [2.05, 4.69) is 26.4 Å². The summed E-state index contributed by atoms with van der Waals surface area (Å²) in [7, 11) is 0. The number of carbonyl (C=O) groups excluding carboxylic acids is 2. The fourth-order valence-electron chi connectivity index (χ4n) is 4.90. The lowest BCUT2D eigenvalue weighted by Crippen LogP contribution is -2.63. The largest absolute Gasteiger partial charge is 0.416 e. The predicted molar refractivity (Wildman–Crippen MR) is 125 cm³/mol. The highest BCUT2D eigenvalue weighted by molar-refractivity contribution is 5.96. The maximum Gasteiger partial charge on any atom is 0.416 e. The molecular formula is C26H27F3N4O2. The molecule has 9 heteroatoms. The van der Waals surface area contributed by atoms with Gasteiger partial charge >= 0.3 is 6.18 Å². The number of rotatable bonds is 6. The lowest BCUT2D eigenvalue weighted by Gasteiger charge is -2.46. The monoisotopic (exact) mass is 484 g/mol. The topological polar surface area (TPSA) is 65.8 Å². The Morgan fingerprint density at radius 3 is 2.43 bits per heavy atom. The number of alkyl halides is 3. The molecule has 2 aromatic rings. The van der Waals surface area contributed by atoms with Gasteiger partial charge in [-0.2, -0.15) is 13.2 Å². The van der Waals surface area contributed by atoms with Crippen molar-refractivity contribution >= 4 is 17.5 Å².